The average Bonchev–Trinajstić information content (AvgIpc) is 3.47. The molecule has 0 spiro atoms. The molecular weight excluding hydrogens is 544 g/mol. The summed E-state index contributed by atoms with van der Waals surface area (Å²) in [5, 5.41) is 26.0. The molecule has 6 N–H and O–H groups in total. The number of benzene rings is 3. The number of fused-ring (bicyclic) bond motifs is 1. The van der Waals surface area contributed by atoms with Crippen molar-refractivity contribution in [2.75, 3.05) is 18.7 Å². The van der Waals surface area contributed by atoms with Crippen molar-refractivity contribution >= 4 is 29.3 Å². The summed E-state index contributed by atoms with van der Waals surface area (Å²) in [4.78, 5) is 48.8. The molecule has 12 heteroatoms. The normalized spacial score (nSPS) is 12.4. The van der Waals surface area contributed by atoms with E-state index in [0.29, 0.717) is 28.3 Å². The quantitative estimate of drug-likeness (QED) is 0.134. The summed E-state index contributed by atoms with van der Waals surface area (Å²) >= 11 is 0. The van der Waals surface area contributed by atoms with E-state index in [0.717, 1.165) is 0 Å². The summed E-state index contributed by atoms with van der Waals surface area (Å²) in [6.07, 6.45) is -1.22. The highest BCUT2D eigenvalue weighted by Crippen LogP contribution is 2.35. The second-order valence-electron chi connectivity index (χ2n) is 8.84. The van der Waals surface area contributed by atoms with Crippen molar-refractivity contribution in [1.82, 2.24) is 16.1 Å². The molecule has 4 amide bonds. The van der Waals surface area contributed by atoms with Gasteiger partial charge >= 0.3 is 0 Å². The van der Waals surface area contributed by atoms with Crippen LogP contribution < -0.4 is 30.9 Å². The Balaban J connectivity index is 0.00000484. The van der Waals surface area contributed by atoms with Gasteiger partial charge in [-0.05, 0) is 67.6 Å². The second kappa shape index (κ2) is 14.3. The molecule has 0 unspecified atom stereocenters. The first-order chi connectivity index (χ1) is 19.7. The molecule has 4 rings (SSSR count). The van der Waals surface area contributed by atoms with Crippen LogP contribution in [-0.2, 0) is 9.59 Å². The van der Waals surface area contributed by atoms with Gasteiger partial charge in [-0.1, -0.05) is 25.3 Å². The maximum absolute atomic E-state index is 12.5. The number of amides is 4. The molecule has 1 heterocycles. The number of aliphatic hydroxyl groups is 1. The van der Waals surface area contributed by atoms with Gasteiger partial charge in [-0.2, -0.15) is 0 Å². The molecule has 3 aromatic rings. The van der Waals surface area contributed by atoms with E-state index in [1.807, 2.05) is 0 Å². The smallest absolute Gasteiger partial charge is 0.268 e. The zero-order chi connectivity index (χ0) is 29.4. The molecule has 12 nitrogen and oxygen atoms in total. The lowest BCUT2D eigenvalue weighted by Crippen LogP contribution is -2.51. The Morgan fingerprint density at radius 1 is 0.905 bits per heavy atom. The molecule has 3 aromatic carbocycles. The summed E-state index contributed by atoms with van der Waals surface area (Å²) < 4.78 is 10.6. The van der Waals surface area contributed by atoms with Crippen LogP contribution in [0.3, 0.4) is 0 Å². The Hall–Kier alpha value is -5.38. The van der Waals surface area contributed by atoms with Gasteiger partial charge in [0.05, 0.1) is 18.2 Å². The number of hydroxylamine groups is 1. The number of aliphatic hydroxyl groups excluding tert-OH is 1. The zero-order valence-electron chi connectivity index (χ0n) is 21.8. The number of ether oxygens (including phenoxy) is 2. The molecular formula is C30H30N4O8. The predicted molar refractivity (Wildman–Crippen MR) is 152 cm³/mol. The fourth-order valence-electron chi connectivity index (χ4n) is 3.76. The third-order valence-corrected chi connectivity index (χ3v) is 5.88. The minimum atomic E-state index is -1.32. The molecule has 0 aromatic heterocycles. The van der Waals surface area contributed by atoms with Crippen molar-refractivity contribution in [2.24, 2.45) is 0 Å². The molecule has 1 aliphatic rings. The van der Waals surface area contributed by atoms with Crippen LogP contribution in [0, 0.1) is 11.8 Å². The highest BCUT2D eigenvalue weighted by molar-refractivity contribution is 6.01. The van der Waals surface area contributed by atoms with Gasteiger partial charge < -0.3 is 30.5 Å². The lowest BCUT2D eigenvalue weighted by molar-refractivity contribution is -0.133. The van der Waals surface area contributed by atoms with Crippen molar-refractivity contribution < 1.29 is 39.0 Å². The number of anilines is 1. The van der Waals surface area contributed by atoms with Gasteiger partial charge in [-0.15, -0.1) is 0 Å². The Morgan fingerprint density at radius 2 is 1.55 bits per heavy atom. The lowest BCUT2D eigenvalue weighted by atomic mass is 10.1. The number of carbonyl (C=O) groups excluding carboxylic acids is 4. The van der Waals surface area contributed by atoms with Crippen LogP contribution in [0.25, 0.3) is 0 Å². The van der Waals surface area contributed by atoms with Gasteiger partial charge in [0.15, 0.2) is 11.5 Å². The molecule has 2 atom stereocenters. The fraction of sp³-hybridized carbons (Fsp3) is 0.200. The molecule has 0 fully saturated rings. The number of hydrogen-bond donors (Lipinski definition) is 6. The standard InChI is InChI=1S/C29H26N4O8.CH4/c1-17(34)25(29(38)33-39)32-27(36)20-11-7-18(8-12-20)5-6-19-9-13-21(14-10-19)31-24(35)15-30-28(37)22-3-2-4-23-26(22)41-16-40-23;/h2-4,7-14,17,25,34,39H,15-16H2,1H3,(H,30,37)(H,31,35)(H,32,36)(H,33,38);1H4/t17-,25+;/m1./s1. The predicted octanol–water partition coefficient (Wildman–Crippen LogP) is 1.80. The van der Waals surface area contributed by atoms with Crippen molar-refractivity contribution in [3.8, 4) is 23.3 Å². The number of carbonyl (C=O) groups is 4. The van der Waals surface area contributed by atoms with Crippen LogP contribution in [-0.4, -0.2) is 59.4 Å². The third kappa shape index (κ3) is 7.85. The summed E-state index contributed by atoms with van der Waals surface area (Å²) in [5.41, 5.74) is 3.74. The Morgan fingerprint density at radius 3 is 2.17 bits per heavy atom. The van der Waals surface area contributed by atoms with E-state index >= 15 is 0 Å². The third-order valence-electron chi connectivity index (χ3n) is 5.88. The van der Waals surface area contributed by atoms with E-state index < -0.39 is 35.8 Å². The number of para-hydroxylation sites is 1. The van der Waals surface area contributed by atoms with Gasteiger partial charge in [-0.3, -0.25) is 24.4 Å². The molecule has 0 saturated heterocycles. The van der Waals surface area contributed by atoms with Gasteiger partial charge in [0, 0.05) is 22.4 Å². The van der Waals surface area contributed by atoms with Crippen LogP contribution in [0.1, 0.15) is 46.2 Å². The topological polar surface area (TPSA) is 175 Å². The maximum Gasteiger partial charge on any atom is 0.268 e. The monoisotopic (exact) mass is 574 g/mol. The van der Waals surface area contributed by atoms with Crippen LogP contribution >= 0.6 is 0 Å². The minimum absolute atomic E-state index is 0. The van der Waals surface area contributed by atoms with Gasteiger partial charge in [0.1, 0.15) is 6.04 Å². The first-order valence-electron chi connectivity index (χ1n) is 12.4. The minimum Gasteiger partial charge on any atom is -0.454 e. The molecule has 1 aliphatic heterocycles. The van der Waals surface area contributed by atoms with Crippen LogP contribution in [0.5, 0.6) is 11.5 Å². The van der Waals surface area contributed by atoms with Gasteiger partial charge in [0.2, 0.25) is 12.7 Å². The Labute approximate surface area is 242 Å². The molecule has 0 aliphatic carbocycles. The van der Waals surface area contributed by atoms with Crippen molar-refractivity contribution in [2.45, 2.75) is 26.5 Å². The number of hydrogen-bond acceptors (Lipinski definition) is 8. The summed E-state index contributed by atoms with van der Waals surface area (Å²) in [6, 6.07) is 16.7. The first-order valence-corrected chi connectivity index (χ1v) is 12.4. The van der Waals surface area contributed by atoms with E-state index in [-0.39, 0.29) is 31.9 Å². The zero-order valence-corrected chi connectivity index (χ0v) is 21.8. The van der Waals surface area contributed by atoms with Crippen LogP contribution in [0.15, 0.2) is 66.7 Å². The average molecular weight is 575 g/mol. The summed E-state index contributed by atoms with van der Waals surface area (Å²) in [7, 11) is 0. The number of nitrogens with one attached hydrogen (secondary N) is 4. The summed E-state index contributed by atoms with van der Waals surface area (Å²) in [5.74, 6) is 4.35. The van der Waals surface area contributed by atoms with Crippen LogP contribution in [0.2, 0.25) is 0 Å². The molecule has 0 saturated carbocycles. The maximum atomic E-state index is 12.5. The van der Waals surface area contributed by atoms with Gasteiger partial charge in [-0.25, -0.2) is 5.48 Å². The largest absolute Gasteiger partial charge is 0.454 e. The van der Waals surface area contributed by atoms with Crippen LogP contribution in [0.4, 0.5) is 5.69 Å². The van der Waals surface area contributed by atoms with E-state index in [4.69, 9.17) is 14.7 Å². The van der Waals surface area contributed by atoms with Crippen molar-refractivity contribution in [3.05, 3.63) is 89.0 Å². The lowest BCUT2D eigenvalue weighted by Gasteiger charge is -2.19. The Bertz CT molecular complexity index is 1510. The van der Waals surface area contributed by atoms with Crippen molar-refractivity contribution in [1.29, 1.82) is 0 Å². The summed E-state index contributed by atoms with van der Waals surface area (Å²) in [6.45, 7) is 1.10. The molecule has 0 radical (unpaired) electrons. The number of rotatable bonds is 8. The van der Waals surface area contributed by atoms with E-state index in [1.54, 1.807) is 54.6 Å². The fourth-order valence-corrected chi connectivity index (χ4v) is 3.76. The highest BCUT2D eigenvalue weighted by Gasteiger charge is 2.26. The van der Waals surface area contributed by atoms with E-state index in [9.17, 15) is 24.3 Å². The molecule has 218 valence electrons. The molecule has 42 heavy (non-hydrogen) atoms. The Kier molecular flexibility index (Phi) is 10.6. The highest BCUT2D eigenvalue weighted by atomic mass is 16.7. The SMILES string of the molecule is C.C[C@@H](O)[C@H](NC(=O)c1ccc(C#Cc2ccc(NC(=O)CNC(=O)c3cccc4c3OCO4)cc2)cc1)C(=O)NO. The van der Waals surface area contributed by atoms with E-state index in [1.165, 1.54) is 24.5 Å². The first kappa shape index (κ1) is 31.2. The van der Waals surface area contributed by atoms with E-state index in [2.05, 4.69) is 27.8 Å². The van der Waals surface area contributed by atoms with Gasteiger partial charge in [0.25, 0.3) is 17.7 Å². The molecule has 0 bridgehead atoms. The second-order valence-corrected chi connectivity index (χ2v) is 8.84. The van der Waals surface area contributed by atoms with Crippen molar-refractivity contribution in [3.63, 3.8) is 0 Å².